The highest BCUT2D eigenvalue weighted by Gasteiger charge is 2.34. The second-order valence-electron chi connectivity index (χ2n) is 4.45. The molecule has 17 heavy (non-hydrogen) atoms. The van der Waals surface area contributed by atoms with E-state index in [1.165, 1.54) is 7.11 Å². The van der Waals surface area contributed by atoms with E-state index in [1.54, 1.807) is 6.92 Å². The van der Waals surface area contributed by atoms with Crippen LogP contribution in [0.5, 0.6) is 0 Å². The molecule has 1 unspecified atom stereocenters. The van der Waals surface area contributed by atoms with Crippen LogP contribution in [0.15, 0.2) is 0 Å². The Bertz CT molecular complexity index is 267. The normalized spacial score (nSPS) is 20.4. The number of hydrogen-bond acceptors (Lipinski definition) is 5. The maximum absolute atomic E-state index is 11.6. The van der Waals surface area contributed by atoms with Crippen LogP contribution in [0.25, 0.3) is 0 Å². The quantitative estimate of drug-likeness (QED) is 0.324. The molecule has 6 nitrogen and oxygen atoms in total. The lowest BCUT2D eigenvalue weighted by Gasteiger charge is -2.31. The molecule has 1 atom stereocenters. The first-order chi connectivity index (χ1) is 8.12. The summed E-state index contributed by atoms with van der Waals surface area (Å²) < 4.78 is 4.67. The monoisotopic (exact) mass is 243 g/mol. The maximum atomic E-state index is 11.6. The molecule has 1 amide bonds. The SMILES string of the molecule is COC(=O)C(C)(NC=O)NCC1CCNCC1. The average molecular weight is 243 g/mol. The van der Waals surface area contributed by atoms with Gasteiger partial charge in [0.2, 0.25) is 6.41 Å². The summed E-state index contributed by atoms with van der Waals surface area (Å²) in [5, 5.41) is 8.82. The number of methoxy groups -OCH3 is 1. The van der Waals surface area contributed by atoms with Crippen molar-refractivity contribution in [2.45, 2.75) is 25.4 Å². The van der Waals surface area contributed by atoms with Crippen molar-refractivity contribution in [2.24, 2.45) is 5.92 Å². The molecular formula is C11H21N3O3. The van der Waals surface area contributed by atoms with Crippen molar-refractivity contribution >= 4 is 12.4 Å². The molecule has 0 saturated carbocycles. The van der Waals surface area contributed by atoms with Crippen molar-refractivity contribution in [3.63, 3.8) is 0 Å². The Morgan fingerprint density at radius 2 is 2.18 bits per heavy atom. The van der Waals surface area contributed by atoms with Gasteiger partial charge in [0.05, 0.1) is 7.11 Å². The van der Waals surface area contributed by atoms with Crippen molar-refractivity contribution in [3.8, 4) is 0 Å². The minimum Gasteiger partial charge on any atom is -0.466 e. The molecule has 1 saturated heterocycles. The summed E-state index contributed by atoms with van der Waals surface area (Å²) in [6.07, 6.45) is 2.66. The number of hydrogen-bond donors (Lipinski definition) is 3. The van der Waals surface area contributed by atoms with Crippen molar-refractivity contribution < 1.29 is 14.3 Å². The van der Waals surface area contributed by atoms with Gasteiger partial charge in [-0.05, 0) is 38.8 Å². The van der Waals surface area contributed by atoms with Crippen LogP contribution in [0.3, 0.4) is 0 Å². The number of amides is 1. The molecule has 0 bridgehead atoms. The zero-order valence-corrected chi connectivity index (χ0v) is 10.4. The van der Waals surface area contributed by atoms with Gasteiger partial charge in [-0.15, -0.1) is 0 Å². The Labute approximate surface area is 101 Å². The first kappa shape index (κ1) is 13.9. The topological polar surface area (TPSA) is 79.5 Å². The highest BCUT2D eigenvalue weighted by molar-refractivity contribution is 5.82. The van der Waals surface area contributed by atoms with E-state index in [4.69, 9.17) is 0 Å². The predicted molar refractivity (Wildman–Crippen MR) is 63.2 cm³/mol. The summed E-state index contributed by atoms with van der Waals surface area (Å²) in [6.45, 7) is 4.30. The van der Waals surface area contributed by atoms with E-state index in [-0.39, 0.29) is 0 Å². The second-order valence-corrected chi connectivity index (χ2v) is 4.45. The highest BCUT2D eigenvalue weighted by atomic mass is 16.5. The minimum absolute atomic E-state index is 0.487. The lowest BCUT2D eigenvalue weighted by molar-refractivity contribution is -0.150. The number of carbonyl (C=O) groups excluding carboxylic acids is 2. The number of esters is 1. The zero-order valence-electron chi connectivity index (χ0n) is 10.4. The highest BCUT2D eigenvalue weighted by Crippen LogP contribution is 2.12. The standard InChI is InChI=1S/C11H21N3O3/c1-11(14-8-15,10(16)17-2)13-7-9-3-5-12-6-4-9/h8-9,12-13H,3-7H2,1-2H3,(H,14,15). The smallest absolute Gasteiger partial charge is 0.346 e. The van der Waals surface area contributed by atoms with Crippen LogP contribution < -0.4 is 16.0 Å². The van der Waals surface area contributed by atoms with Gasteiger partial charge in [-0.1, -0.05) is 0 Å². The molecule has 3 N–H and O–H groups in total. The predicted octanol–water partition coefficient (Wildman–Crippen LogP) is -0.789. The summed E-state index contributed by atoms with van der Waals surface area (Å²) in [6, 6.07) is 0. The van der Waals surface area contributed by atoms with Crippen LogP contribution in [0.2, 0.25) is 0 Å². The molecule has 6 heteroatoms. The first-order valence-electron chi connectivity index (χ1n) is 5.88. The van der Waals surface area contributed by atoms with E-state index >= 15 is 0 Å². The Kier molecular flexibility index (Phi) is 5.37. The molecule has 0 aromatic carbocycles. The van der Waals surface area contributed by atoms with Crippen LogP contribution in [0, 0.1) is 5.92 Å². The molecule has 0 radical (unpaired) electrons. The summed E-state index contributed by atoms with van der Waals surface area (Å²) in [7, 11) is 1.30. The van der Waals surface area contributed by atoms with Gasteiger partial charge in [0.1, 0.15) is 0 Å². The second kappa shape index (κ2) is 6.56. The minimum atomic E-state index is -1.14. The molecule has 0 aromatic rings. The summed E-state index contributed by atoms with van der Waals surface area (Å²) in [5.74, 6) is 0.0345. The Morgan fingerprint density at radius 1 is 1.53 bits per heavy atom. The lowest BCUT2D eigenvalue weighted by Crippen LogP contribution is -2.61. The third-order valence-electron chi connectivity index (χ3n) is 3.14. The van der Waals surface area contributed by atoms with E-state index in [0.29, 0.717) is 18.9 Å². The van der Waals surface area contributed by atoms with Crippen molar-refractivity contribution in [1.82, 2.24) is 16.0 Å². The molecule has 0 aromatic heterocycles. The number of piperidine rings is 1. The van der Waals surface area contributed by atoms with Gasteiger partial charge < -0.3 is 15.4 Å². The number of nitrogens with one attached hydrogen (secondary N) is 3. The fraction of sp³-hybridized carbons (Fsp3) is 0.818. The Morgan fingerprint density at radius 3 is 2.71 bits per heavy atom. The van der Waals surface area contributed by atoms with Gasteiger partial charge in [0.15, 0.2) is 5.66 Å². The van der Waals surface area contributed by atoms with Crippen LogP contribution >= 0.6 is 0 Å². The lowest BCUT2D eigenvalue weighted by atomic mass is 9.97. The summed E-state index contributed by atoms with van der Waals surface area (Å²) in [5.41, 5.74) is -1.14. The van der Waals surface area contributed by atoms with Crippen molar-refractivity contribution in [1.29, 1.82) is 0 Å². The molecule has 98 valence electrons. The van der Waals surface area contributed by atoms with Gasteiger partial charge in [-0.3, -0.25) is 10.1 Å². The fourth-order valence-electron chi connectivity index (χ4n) is 1.94. The van der Waals surface area contributed by atoms with Gasteiger partial charge >= 0.3 is 5.97 Å². The molecule has 0 aliphatic carbocycles. The third-order valence-corrected chi connectivity index (χ3v) is 3.14. The van der Waals surface area contributed by atoms with E-state index in [2.05, 4.69) is 20.7 Å². The fourth-order valence-corrected chi connectivity index (χ4v) is 1.94. The maximum Gasteiger partial charge on any atom is 0.346 e. The number of rotatable bonds is 6. The zero-order chi connectivity index (χ0) is 12.7. The third kappa shape index (κ3) is 3.98. The van der Waals surface area contributed by atoms with Crippen LogP contribution in [-0.4, -0.2) is 44.8 Å². The van der Waals surface area contributed by atoms with E-state index < -0.39 is 11.6 Å². The molecule has 1 aliphatic heterocycles. The molecule has 1 fully saturated rings. The molecule has 1 aliphatic rings. The summed E-state index contributed by atoms with van der Waals surface area (Å²) in [4.78, 5) is 22.1. The average Bonchev–Trinajstić information content (AvgIpc) is 2.37. The van der Waals surface area contributed by atoms with Crippen LogP contribution in [0.1, 0.15) is 19.8 Å². The largest absolute Gasteiger partial charge is 0.466 e. The Balaban J connectivity index is 2.47. The number of ether oxygens (including phenoxy) is 1. The van der Waals surface area contributed by atoms with Gasteiger partial charge in [-0.25, -0.2) is 4.79 Å². The molecule has 0 spiro atoms. The van der Waals surface area contributed by atoms with E-state index in [1.807, 2.05) is 0 Å². The molecule has 1 heterocycles. The van der Waals surface area contributed by atoms with E-state index in [0.717, 1.165) is 25.9 Å². The van der Waals surface area contributed by atoms with Gasteiger partial charge in [-0.2, -0.15) is 0 Å². The van der Waals surface area contributed by atoms with Crippen molar-refractivity contribution in [3.05, 3.63) is 0 Å². The van der Waals surface area contributed by atoms with Crippen LogP contribution in [0.4, 0.5) is 0 Å². The Hall–Kier alpha value is -1.14. The first-order valence-corrected chi connectivity index (χ1v) is 5.88. The molecule has 1 rings (SSSR count). The van der Waals surface area contributed by atoms with Crippen LogP contribution in [-0.2, 0) is 14.3 Å². The van der Waals surface area contributed by atoms with Gasteiger partial charge in [0, 0.05) is 6.54 Å². The van der Waals surface area contributed by atoms with Gasteiger partial charge in [0.25, 0.3) is 0 Å². The number of carbonyl (C=O) groups is 2. The van der Waals surface area contributed by atoms with Crippen molar-refractivity contribution in [2.75, 3.05) is 26.7 Å². The summed E-state index contributed by atoms with van der Waals surface area (Å²) >= 11 is 0. The van der Waals surface area contributed by atoms with E-state index in [9.17, 15) is 9.59 Å². The molecular weight excluding hydrogens is 222 g/mol.